The van der Waals surface area contributed by atoms with Gasteiger partial charge in [0.15, 0.2) is 0 Å². The lowest BCUT2D eigenvalue weighted by Crippen LogP contribution is -2.26. The van der Waals surface area contributed by atoms with Gasteiger partial charge >= 0.3 is 0 Å². The largest absolute Gasteiger partial charge is 0.494 e. The van der Waals surface area contributed by atoms with Crippen molar-refractivity contribution < 1.29 is 9.53 Å². The first-order valence-electron chi connectivity index (χ1n) is 9.99. The van der Waals surface area contributed by atoms with Crippen molar-refractivity contribution in [3.63, 3.8) is 0 Å². The summed E-state index contributed by atoms with van der Waals surface area (Å²) in [7, 11) is 1.64. The number of carbonyl (C=O) groups is 1. The van der Waals surface area contributed by atoms with Gasteiger partial charge in [-0.05, 0) is 35.4 Å². The van der Waals surface area contributed by atoms with E-state index in [1.807, 2.05) is 53.4 Å². The molecule has 0 spiro atoms. The van der Waals surface area contributed by atoms with Crippen LogP contribution in [-0.4, -0.2) is 34.4 Å². The molecule has 5 heteroatoms. The second kappa shape index (κ2) is 7.59. The second-order valence-corrected chi connectivity index (χ2v) is 7.38. The van der Waals surface area contributed by atoms with Crippen molar-refractivity contribution in [3.8, 4) is 16.9 Å². The Labute approximate surface area is 175 Å². The maximum atomic E-state index is 13.0. The third-order valence-corrected chi connectivity index (χ3v) is 5.63. The number of hydrogen-bond acceptors (Lipinski definition) is 4. The lowest BCUT2D eigenvalue weighted by Gasteiger charge is -2.16. The van der Waals surface area contributed by atoms with Crippen molar-refractivity contribution in [2.24, 2.45) is 0 Å². The van der Waals surface area contributed by atoms with E-state index in [-0.39, 0.29) is 5.91 Å². The number of nitrogens with zero attached hydrogens (tertiary/aromatic N) is 3. The monoisotopic (exact) mass is 395 g/mol. The molecule has 3 heterocycles. The fourth-order valence-corrected chi connectivity index (χ4v) is 4.09. The Morgan fingerprint density at radius 3 is 2.73 bits per heavy atom. The van der Waals surface area contributed by atoms with E-state index in [1.165, 1.54) is 0 Å². The van der Waals surface area contributed by atoms with E-state index >= 15 is 0 Å². The highest BCUT2D eigenvalue weighted by molar-refractivity contribution is 6.00. The zero-order valence-electron chi connectivity index (χ0n) is 16.7. The molecule has 0 N–H and O–H groups in total. The van der Waals surface area contributed by atoms with Crippen LogP contribution in [-0.2, 0) is 13.0 Å². The van der Waals surface area contributed by atoms with Gasteiger partial charge in [-0.3, -0.25) is 14.8 Å². The van der Waals surface area contributed by atoms with Gasteiger partial charge in [-0.25, -0.2) is 0 Å². The molecule has 0 radical (unpaired) electrons. The summed E-state index contributed by atoms with van der Waals surface area (Å²) in [5, 5.41) is 1.13. The molecule has 0 atom stereocenters. The molecule has 5 rings (SSSR count). The molecule has 0 aliphatic carbocycles. The van der Waals surface area contributed by atoms with Crippen molar-refractivity contribution in [2.45, 2.75) is 13.0 Å². The van der Waals surface area contributed by atoms with Crippen LogP contribution in [0.2, 0.25) is 0 Å². The maximum absolute atomic E-state index is 13.0. The van der Waals surface area contributed by atoms with E-state index in [0.717, 1.165) is 45.3 Å². The number of hydrogen-bond donors (Lipinski definition) is 0. The van der Waals surface area contributed by atoms with Gasteiger partial charge in [0.25, 0.3) is 5.91 Å². The van der Waals surface area contributed by atoms with Crippen molar-refractivity contribution >= 4 is 16.8 Å². The number of ether oxygens (including phenoxy) is 1. The standard InChI is InChI=1S/C25H21N3O2/c1-30-24-15-26-13-11-20(24)19-6-4-7-21-22(19)16-28(25(21)29)14-12-18-10-9-17-5-2-3-8-23(17)27-18/h2-11,13,15H,12,14,16H2,1H3. The lowest BCUT2D eigenvalue weighted by molar-refractivity contribution is 0.0780. The van der Waals surface area contributed by atoms with E-state index in [0.29, 0.717) is 18.8 Å². The van der Waals surface area contributed by atoms with Crippen LogP contribution in [0.5, 0.6) is 5.75 Å². The predicted octanol–water partition coefficient (Wildman–Crippen LogP) is 4.50. The first-order chi connectivity index (χ1) is 14.7. The zero-order valence-corrected chi connectivity index (χ0v) is 16.7. The van der Waals surface area contributed by atoms with Gasteiger partial charge in [0, 0.05) is 47.9 Å². The summed E-state index contributed by atoms with van der Waals surface area (Å²) in [4.78, 5) is 23.8. The van der Waals surface area contributed by atoms with Crippen LogP contribution in [0, 0.1) is 0 Å². The Balaban J connectivity index is 1.40. The summed E-state index contributed by atoms with van der Waals surface area (Å²) in [5.74, 6) is 0.776. The van der Waals surface area contributed by atoms with E-state index in [9.17, 15) is 4.79 Å². The smallest absolute Gasteiger partial charge is 0.254 e. The Kier molecular flexibility index (Phi) is 4.64. The fourth-order valence-electron chi connectivity index (χ4n) is 4.09. The van der Waals surface area contributed by atoms with Gasteiger partial charge in [0.2, 0.25) is 0 Å². The van der Waals surface area contributed by atoms with E-state index < -0.39 is 0 Å². The van der Waals surface area contributed by atoms with E-state index in [4.69, 9.17) is 9.72 Å². The molecule has 148 valence electrons. The number of para-hydroxylation sites is 1. The van der Waals surface area contributed by atoms with E-state index in [1.54, 1.807) is 19.5 Å². The topological polar surface area (TPSA) is 55.3 Å². The van der Waals surface area contributed by atoms with Crippen LogP contribution in [0.1, 0.15) is 21.6 Å². The first kappa shape index (κ1) is 18.3. The molecule has 30 heavy (non-hydrogen) atoms. The van der Waals surface area contributed by atoms with Crippen LogP contribution >= 0.6 is 0 Å². The molecule has 1 aliphatic rings. The number of pyridine rings is 2. The zero-order chi connectivity index (χ0) is 20.5. The average molecular weight is 395 g/mol. The van der Waals surface area contributed by atoms with Gasteiger partial charge in [0.05, 0.1) is 18.8 Å². The molecule has 1 amide bonds. The van der Waals surface area contributed by atoms with Gasteiger partial charge < -0.3 is 9.64 Å². The number of rotatable bonds is 5. The van der Waals surface area contributed by atoms with Crippen LogP contribution in [0.25, 0.3) is 22.0 Å². The minimum Gasteiger partial charge on any atom is -0.494 e. The van der Waals surface area contributed by atoms with Gasteiger partial charge in [-0.1, -0.05) is 36.4 Å². The third-order valence-electron chi connectivity index (χ3n) is 5.63. The first-order valence-corrected chi connectivity index (χ1v) is 9.99. The third kappa shape index (κ3) is 3.18. The average Bonchev–Trinajstić information content (AvgIpc) is 3.13. The fraction of sp³-hybridized carbons (Fsp3) is 0.160. The van der Waals surface area contributed by atoms with Gasteiger partial charge in [-0.15, -0.1) is 0 Å². The Morgan fingerprint density at radius 2 is 1.83 bits per heavy atom. The minimum atomic E-state index is 0.0701. The van der Waals surface area contributed by atoms with E-state index in [2.05, 4.69) is 17.1 Å². The molecule has 0 unspecified atom stereocenters. The normalized spacial score (nSPS) is 13.0. The molecule has 0 saturated heterocycles. The second-order valence-electron chi connectivity index (χ2n) is 7.38. The number of amides is 1. The number of benzene rings is 2. The van der Waals surface area contributed by atoms with Crippen LogP contribution in [0.3, 0.4) is 0 Å². The molecule has 2 aromatic carbocycles. The number of fused-ring (bicyclic) bond motifs is 2. The van der Waals surface area contributed by atoms with Crippen molar-refractivity contribution in [1.82, 2.24) is 14.9 Å². The van der Waals surface area contributed by atoms with Gasteiger partial charge in [-0.2, -0.15) is 0 Å². The molecule has 0 bridgehead atoms. The molecule has 2 aromatic heterocycles. The Hall–Kier alpha value is -3.73. The highest BCUT2D eigenvalue weighted by Gasteiger charge is 2.29. The maximum Gasteiger partial charge on any atom is 0.254 e. The highest BCUT2D eigenvalue weighted by Crippen LogP contribution is 2.36. The summed E-state index contributed by atoms with van der Waals surface area (Å²) >= 11 is 0. The molecular formula is C25H21N3O2. The van der Waals surface area contributed by atoms with Crippen LogP contribution in [0.15, 0.2) is 73.1 Å². The molecule has 0 saturated carbocycles. The van der Waals surface area contributed by atoms with Crippen LogP contribution in [0.4, 0.5) is 0 Å². The molecular weight excluding hydrogens is 374 g/mol. The molecule has 4 aromatic rings. The summed E-state index contributed by atoms with van der Waals surface area (Å²) in [6.07, 6.45) is 4.17. The van der Waals surface area contributed by atoms with Gasteiger partial charge in [0.1, 0.15) is 5.75 Å². The van der Waals surface area contributed by atoms with Crippen molar-refractivity contribution in [2.75, 3.05) is 13.7 Å². The lowest BCUT2D eigenvalue weighted by atomic mass is 9.97. The predicted molar refractivity (Wildman–Crippen MR) is 116 cm³/mol. The molecule has 1 aliphatic heterocycles. The summed E-state index contributed by atoms with van der Waals surface area (Å²) in [5.41, 5.74) is 5.75. The summed E-state index contributed by atoms with van der Waals surface area (Å²) < 4.78 is 5.48. The number of methoxy groups -OCH3 is 1. The Morgan fingerprint density at radius 1 is 0.967 bits per heavy atom. The quantitative estimate of drug-likeness (QED) is 0.499. The summed E-state index contributed by atoms with van der Waals surface area (Å²) in [6, 6.07) is 20.0. The summed E-state index contributed by atoms with van der Waals surface area (Å²) in [6.45, 7) is 1.22. The van der Waals surface area contributed by atoms with Crippen molar-refractivity contribution in [1.29, 1.82) is 0 Å². The minimum absolute atomic E-state index is 0.0701. The van der Waals surface area contributed by atoms with Crippen molar-refractivity contribution in [3.05, 3.63) is 89.9 Å². The Bertz CT molecular complexity index is 1250. The molecule has 0 fully saturated rings. The SMILES string of the molecule is COc1cnccc1-c1cccc2c1CN(CCc1ccc3ccccc3n1)C2=O. The highest BCUT2D eigenvalue weighted by atomic mass is 16.5. The molecule has 5 nitrogen and oxygen atoms in total. The number of aromatic nitrogens is 2. The number of carbonyl (C=O) groups excluding carboxylic acids is 1. The van der Waals surface area contributed by atoms with Crippen LogP contribution < -0.4 is 4.74 Å².